The van der Waals surface area contributed by atoms with Crippen molar-refractivity contribution in [3.05, 3.63) is 30.1 Å². The average molecular weight is 291 g/mol. The largest absolute Gasteiger partial charge is 0.376 e. The molecule has 1 amide bonds. The molecule has 0 bridgehead atoms. The summed E-state index contributed by atoms with van der Waals surface area (Å²) in [7, 11) is 0. The molecular weight excluding hydrogens is 266 g/mol. The van der Waals surface area contributed by atoms with Crippen LogP contribution in [0.1, 0.15) is 37.7 Å². The highest BCUT2D eigenvalue weighted by atomic mass is 16.5. The van der Waals surface area contributed by atoms with Crippen LogP contribution in [0.3, 0.4) is 0 Å². The third-order valence-electron chi connectivity index (χ3n) is 3.86. The average Bonchev–Trinajstić information content (AvgIpc) is 2.52. The van der Waals surface area contributed by atoms with Crippen molar-refractivity contribution in [3.8, 4) is 0 Å². The van der Waals surface area contributed by atoms with Gasteiger partial charge in [0.05, 0.1) is 12.7 Å². The molecule has 1 aliphatic rings. The monoisotopic (exact) mass is 291 g/mol. The van der Waals surface area contributed by atoms with E-state index in [-0.39, 0.29) is 5.91 Å². The van der Waals surface area contributed by atoms with Gasteiger partial charge in [-0.25, -0.2) is 0 Å². The van der Waals surface area contributed by atoms with Gasteiger partial charge in [0.25, 0.3) is 0 Å². The molecule has 0 spiro atoms. The van der Waals surface area contributed by atoms with Crippen LogP contribution < -0.4 is 11.1 Å². The van der Waals surface area contributed by atoms with Crippen LogP contribution >= 0.6 is 0 Å². The fourth-order valence-electron chi connectivity index (χ4n) is 2.56. The second kappa shape index (κ2) is 8.74. The van der Waals surface area contributed by atoms with Crippen molar-refractivity contribution in [2.45, 2.75) is 50.7 Å². The molecule has 21 heavy (non-hydrogen) atoms. The van der Waals surface area contributed by atoms with Gasteiger partial charge in [-0.15, -0.1) is 0 Å². The van der Waals surface area contributed by atoms with Crippen LogP contribution in [0.15, 0.2) is 24.5 Å². The zero-order valence-electron chi connectivity index (χ0n) is 12.5. The van der Waals surface area contributed by atoms with Gasteiger partial charge in [-0.05, 0) is 43.7 Å². The van der Waals surface area contributed by atoms with Crippen LogP contribution in [-0.2, 0) is 16.0 Å². The van der Waals surface area contributed by atoms with E-state index in [1.54, 1.807) is 12.4 Å². The number of nitrogens with zero attached hydrogens (tertiary/aromatic N) is 1. The molecule has 0 saturated heterocycles. The number of aromatic nitrogens is 1. The van der Waals surface area contributed by atoms with Crippen LogP contribution in [0.5, 0.6) is 0 Å². The molecule has 0 aromatic carbocycles. The second-order valence-corrected chi connectivity index (χ2v) is 5.62. The Hall–Kier alpha value is -1.46. The molecule has 0 aliphatic heterocycles. The number of nitrogens with one attached hydrogen (secondary N) is 1. The summed E-state index contributed by atoms with van der Waals surface area (Å²) in [5, 5.41) is 2.89. The minimum Gasteiger partial charge on any atom is -0.376 e. The molecule has 1 heterocycles. The Kier molecular flexibility index (Phi) is 6.63. The number of nitrogens with two attached hydrogens (primary N) is 1. The summed E-state index contributed by atoms with van der Waals surface area (Å²) in [6, 6.07) is 4.21. The van der Waals surface area contributed by atoms with E-state index in [0.717, 1.165) is 37.7 Å². The van der Waals surface area contributed by atoms with Gasteiger partial charge in [-0.2, -0.15) is 0 Å². The van der Waals surface area contributed by atoms with Crippen LogP contribution in [-0.4, -0.2) is 36.2 Å². The quantitative estimate of drug-likeness (QED) is 0.745. The molecule has 5 heteroatoms. The molecule has 5 nitrogen and oxygen atoms in total. The summed E-state index contributed by atoms with van der Waals surface area (Å²) in [6.45, 7) is 1.16. The molecule has 2 rings (SSSR count). The Morgan fingerprint density at radius 2 is 2.19 bits per heavy atom. The number of hydrogen-bond donors (Lipinski definition) is 2. The maximum Gasteiger partial charge on any atom is 0.220 e. The molecule has 0 unspecified atom stereocenters. The third kappa shape index (κ3) is 6.23. The van der Waals surface area contributed by atoms with E-state index in [1.165, 1.54) is 0 Å². The smallest absolute Gasteiger partial charge is 0.220 e. The van der Waals surface area contributed by atoms with E-state index in [2.05, 4.69) is 10.3 Å². The summed E-state index contributed by atoms with van der Waals surface area (Å²) in [4.78, 5) is 15.7. The predicted octanol–water partition coefficient (Wildman–Crippen LogP) is 1.42. The zero-order valence-corrected chi connectivity index (χ0v) is 12.5. The van der Waals surface area contributed by atoms with Gasteiger partial charge in [0.1, 0.15) is 0 Å². The molecule has 1 saturated carbocycles. The standard InChI is InChI=1S/C16H25N3O2/c17-14-4-6-15(7-5-14)21-11-10-19-16(20)8-3-13-2-1-9-18-12-13/h1-2,9,12,14-15H,3-8,10-11,17H2,(H,19,20). The van der Waals surface area contributed by atoms with Crippen molar-refractivity contribution in [3.63, 3.8) is 0 Å². The van der Waals surface area contributed by atoms with Gasteiger partial charge in [0.2, 0.25) is 5.91 Å². The van der Waals surface area contributed by atoms with Crippen molar-refractivity contribution in [2.24, 2.45) is 5.73 Å². The van der Waals surface area contributed by atoms with Crippen LogP contribution in [0, 0.1) is 0 Å². The van der Waals surface area contributed by atoms with Crippen LogP contribution in [0.4, 0.5) is 0 Å². The lowest BCUT2D eigenvalue weighted by molar-refractivity contribution is -0.121. The lowest BCUT2D eigenvalue weighted by Gasteiger charge is -2.26. The summed E-state index contributed by atoms with van der Waals surface area (Å²) < 4.78 is 5.76. The molecule has 0 radical (unpaired) electrons. The SMILES string of the molecule is NC1CCC(OCCNC(=O)CCc2cccnc2)CC1. The first kappa shape index (κ1) is 15.9. The van der Waals surface area contributed by atoms with Gasteiger partial charge in [0, 0.05) is 31.4 Å². The fraction of sp³-hybridized carbons (Fsp3) is 0.625. The number of aryl methyl sites for hydroxylation is 1. The molecule has 1 fully saturated rings. The van der Waals surface area contributed by atoms with Crippen LogP contribution in [0.25, 0.3) is 0 Å². The minimum atomic E-state index is 0.0631. The molecule has 3 N–H and O–H groups in total. The van der Waals surface area contributed by atoms with Gasteiger partial charge in [0.15, 0.2) is 0 Å². The van der Waals surface area contributed by atoms with E-state index in [9.17, 15) is 4.79 Å². The highest BCUT2D eigenvalue weighted by Gasteiger charge is 2.18. The number of carbonyl (C=O) groups excluding carboxylic acids is 1. The number of pyridine rings is 1. The van der Waals surface area contributed by atoms with Crippen molar-refractivity contribution in [2.75, 3.05) is 13.2 Å². The second-order valence-electron chi connectivity index (χ2n) is 5.62. The minimum absolute atomic E-state index is 0.0631. The van der Waals surface area contributed by atoms with Gasteiger partial charge in [-0.3, -0.25) is 9.78 Å². The maximum atomic E-state index is 11.7. The first-order chi connectivity index (χ1) is 10.2. The number of rotatable bonds is 7. The first-order valence-corrected chi connectivity index (χ1v) is 7.77. The van der Waals surface area contributed by atoms with Gasteiger partial charge in [-0.1, -0.05) is 6.07 Å². The third-order valence-corrected chi connectivity index (χ3v) is 3.86. The first-order valence-electron chi connectivity index (χ1n) is 7.77. The zero-order chi connectivity index (χ0) is 14.9. The molecule has 1 aromatic heterocycles. The molecular formula is C16H25N3O2. The van der Waals surface area contributed by atoms with E-state index in [4.69, 9.17) is 10.5 Å². The Bertz CT molecular complexity index is 417. The van der Waals surface area contributed by atoms with Crippen molar-refractivity contribution in [1.29, 1.82) is 0 Å². The molecule has 116 valence electrons. The van der Waals surface area contributed by atoms with Crippen molar-refractivity contribution >= 4 is 5.91 Å². The summed E-state index contributed by atoms with van der Waals surface area (Å²) in [6.07, 6.45) is 9.22. The molecule has 0 atom stereocenters. The van der Waals surface area contributed by atoms with E-state index < -0.39 is 0 Å². The van der Waals surface area contributed by atoms with Crippen LogP contribution in [0.2, 0.25) is 0 Å². The Morgan fingerprint density at radius 3 is 2.90 bits per heavy atom. The van der Waals surface area contributed by atoms with Gasteiger partial charge >= 0.3 is 0 Å². The molecule has 1 aliphatic carbocycles. The summed E-state index contributed by atoms with van der Waals surface area (Å²) in [5.74, 6) is 0.0631. The molecule has 1 aromatic rings. The summed E-state index contributed by atoms with van der Waals surface area (Å²) in [5.41, 5.74) is 6.94. The van der Waals surface area contributed by atoms with E-state index in [1.807, 2.05) is 12.1 Å². The Labute approximate surface area is 126 Å². The van der Waals surface area contributed by atoms with Crippen molar-refractivity contribution in [1.82, 2.24) is 10.3 Å². The number of hydrogen-bond acceptors (Lipinski definition) is 4. The lowest BCUT2D eigenvalue weighted by atomic mass is 9.94. The van der Waals surface area contributed by atoms with E-state index in [0.29, 0.717) is 31.7 Å². The Morgan fingerprint density at radius 1 is 1.38 bits per heavy atom. The highest BCUT2D eigenvalue weighted by molar-refractivity contribution is 5.76. The maximum absolute atomic E-state index is 11.7. The number of amides is 1. The fourth-order valence-corrected chi connectivity index (χ4v) is 2.56. The lowest BCUT2D eigenvalue weighted by Crippen LogP contribution is -2.33. The number of ether oxygens (including phenoxy) is 1. The topological polar surface area (TPSA) is 77.2 Å². The summed E-state index contributed by atoms with van der Waals surface area (Å²) >= 11 is 0. The van der Waals surface area contributed by atoms with Gasteiger partial charge < -0.3 is 15.8 Å². The van der Waals surface area contributed by atoms with Crippen molar-refractivity contribution < 1.29 is 9.53 Å². The van der Waals surface area contributed by atoms with E-state index >= 15 is 0 Å². The highest BCUT2D eigenvalue weighted by Crippen LogP contribution is 2.19. The Balaban J connectivity index is 1.51. The predicted molar refractivity (Wildman–Crippen MR) is 81.8 cm³/mol. The number of carbonyl (C=O) groups is 1. The normalized spacial score (nSPS) is 22.0.